The lowest BCUT2D eigenvalue weighted by atomic mass is 9.93. The van der Waals surface area contributed by atoms with Crippen LogP contribution in [0.15, 0.2) is 28.7 Å². The van der Waals surface area contributed by atoms with Crippen LogP contribution in [0.5, 0.6) is 0 Å². The molecule has 0 aliphatic carbocycles. The van der Waals surface area contributed by atoms with Gasteiger partial charge in [-0.2, -0.15) is 0 Å². The molecule has 1 aromatic carbocycles. The van der Waals surface area contributed by atoms with Gasteiger partial charge in [-0.25, -0.2) is 4.39 Å². The first kappa shape index (κ1) is 19.6. The van der Waals surface area contributed by atoms with E-state index in [0.717, 1.165) is 56.0 Å². The summed E-state index contributed by atoms with van der Waals surface area (Å²) in [5.41, 5.74) is 2.64. The van der Waals surface area contributed by atoms with Crippen LogP contribution in [0.2, 0.25) is 0 Å². The Morgan fingerprint density at radius 2 is 2.07 bits per heavy atom. The monoisotopic (exact) mass is 372 g/mol. The molecule has 0 saturated carbocycles. The van der Waals surface area contributed by atoms with E-state index in [0.29, 0.717) is 18.0 Å². The molecule has 1 fully saturated rings. The fourth-order valence-corrected chi connectivity index (χ4v) is 3.79. The van der Waals surface area contributed by atoms with E-state index in [1.807, 2.05) is 6.92 Å². The highest BCUT2D eigenvalue weighted by Crippen LogP contribution is 2.24. The first-order valence-electron chi connectivity index (χ1n) is 9.75. The molecule has 4 nitrogen and oxygen atoms in total. The lowest BCUT2D eigenvalue weighted by Gasteiger charge is -2.32. The number of hydrogen-bond donors (Lipinski definition) is 1. The van der Waals surface area contributed by atoms with Crippen molar-refractivity contribution in [1.82, 2.24) is 4.90 Å². The van der Waals surface area contributed by atoms with Gasteiger partial charge in [0, 0.05) is 18.7 Å². The molecule has 1 aliphatic heterocycles. The van der Waals surface area contributed by atoms with E-state index in [4.69, 9.17) is 4.42 Å². The summed E-state index contributed by atoms with van der Waals surface area (Å²) in [6.45, 7) is 8.79. The summed E-state index contributed by atoms with van der Waals surface area (Å²) >= 11 is 0. The summed E-state index contributed by atoms with van der Waals surface area (Å²) in [4.78, 5) is 14.7. The number of piperidine rings is 1. The Kier molecular flexibility index (Phi) is 6.32. The number of furan rings is 1. The highest BCUT2D eigenvalue weighted by atomic mass is 19.1. The first-order chi connectivity index (χ1) is 12.9. The summed E-state index contributed by atoms with van der Waals surface area (Å²) in [6, 6.07) is 6.56. The molecule has 2 aromatic rings. The molecule has 2 heterocycles. The number of aryl methyl sites for hydroxylation is 3. The molecule has 1 unspecified atom stereocenters. The largest absolute Gasteiger partial charge is 0.465 e. The first-order valence-corrected chi connectivity index (χ1v) is 9.75. The third-order valence-corrected chi connectivity index (χ3v) is 5.44. The second-order valence-electron chi connectivity index (χ2n) is 7.74. The van der Waals surface area contributed by atoms with Gasteiger partial charge in [-0.3, -0.25) is 9.69 Å². The third kappa shape index (κ3) is 5.42. The van der Waals surface area contributed by atoms with Crippen LogP contribution in [-0.2, 0) is 11.3 Å². The van der Waals surface area contributed by atoms with E-state index < -0.39 is 0 Å². The average Bonchev–Trinajstić information content (AvgIpc) is 2.93. The Morgan fingerprint density at radius 1 is 1.26 bits per heavy atom. The number of rotatable bonds is 6. The van der Waals surface area contributed by atoms with Crippen LogP contribution >= 0.6 is 0 Å². The summed E-state index contributed by atoms with van der Waals surface area (Å²) < 4.78 is 19.0. The molecule has 0 radical (unpaired) electrons. The molecule has 0 spiro atoms. The van der Waals surface area contributed by atoms with Crippen LogP contribution in [0.3, 0.4) is 0 Å². The zero-order valence-electron chi connectivity index (χ0n) is 16.5. The topological polar surface area (TPSA) is 45.5 Å². The Hall–Kier alpha value is -2.14. The van der Waals surface area contributed by atoms with Crippen molar-refractivity contribution in [2.45, 2.75) is 53.0 Å². The highest BCUT2D eigenvalue weighted by molar-refractivity contribution is 5.91. The Morgan fingerprint density at radius 3 is 2.78 bits per heavy atom. The van der Waals surface area contributed by atoms with Gasteiger partial charge in [-0.1, -0.05) is 0 Å². The molecule has 0 bridgehead atoms. The van der Waals surface area contributed by atoms with Crippen LogP contribution in [0, 0.1) is 32.5 Å². The standard InChI is InChI=1S/C22H29FN2O2/c1-15-12-20(27-17(15)3)14-25-10-4-5-18(13-25)6-9-22(26)24-21-8-7-19(23)11-16(21)2/h7-8,11-12,18H,4-6,9-10,13-14H2,1-3H3,(H,24,26). The van der Waals surface area contributed by atoms with E-state index in [-0.39, 0.29) is 11.7 Å². The predicted molar refractivity (Wildman–Crippen MR) is 105 cm³/mol. The zero-order chi connectivity index (χ0) is 19.4. The molecule has 1 aromatic heterocycles. The van der Waals surface area contributed by atoms with Gasteiger partial charge in [-0.05, 0) is 87.9 Å². The van der Waals surface area contributed by atoms with Crippen molar-refractivity contribution in [3.63, 3.8) is 0 Å². The number of anilines is 1. The molecule has 1 aliphatic rings. The van der Waals surface area contributed by atoms with E-state index in [2.05, 4.69) is 23.2 Å². The van der Waals surface area contributed by atoms with Gasteiger partial charge in [0.2, 0.25) is 5.91 Å². The number of carbonyl (C=O) groups excluding carboxylic acids is 1. The Labute approximate surface area is 160 Å². The van der Waals surface area contributed by atoms with Gasteiger partial charge >= 0.3 is 0 Å². The number of likely N-dealkylation sites (tertiary alicyclic amines) is 1. The van der Waals surface area contributed by atoms with Crippen molar-refractivity contribution >= 4 is 11.6 Å². The fraction of sp³-hybridized carbons (Fsp3) is 0.500. The summed E-state index contributed by atoms with van der Waals surface area (Å²) in [5, 5.41) is 2.90. The minimum atomic E-state index is -0.283. The SMILES string of the molecule is Cc1cc(F)ccc1NC(=O)CCC1CCCN(Cc2cc(C)c(C)o2)C1. The van der Waals surface area contributed by atoms with Crippen LogP contribution < -0.4 is 5.32 Å². The summed E-state index contributed by atoms with van der Waals surface area (Å²) in [5.74, 6) is 2.26. The predicted octanol–water partition coefficient (Wildman–Crippen LogP) is 4.97. The van der Waals surface area contributed by atoms with Crippen molar-refractivity contribution in [3.8, 4) is 0 Å². The van der Waals surface area contributed by atoms with Gasteiger partial charge in [0.15, 0.2) is 0 Å². The molecule has 1 saturated heterocycles. The molecule has 146 valence electrons. The molecule has 27 heavy (non-hydrogen) atoms. The maximum absolute atomic E-state index is 13.2. The van der Waals surface area contributed by atoms with Crippen LogP contribution in [-0.4, -0.2) is 23.9 Å². The van der Waals surface area contributed by atoms with Gasteiger partial charge in [-0.15, -0.1) is 0 Å². The second kappa shape index (κ2) is 8.70. The van der Waals surface area contributed by atoms with Gasteiger partial charge in [0.1, 0.15) is 17.3 Å². The quantitative estimate of drug-likeness (QED) is 0.778. The van der Waals surface area contributed by atoms with Crippen LogP contribution in [0.4, 0.5) is 10.1 Å². The number of amides is 1. The maximum Gasteiger partial charge on any atom is 0.224 e. The highest BCUT2D eigenvalue weighted by Gasteiger charge is 2.22. The van der Waals surface area contributed by atoms with Gasteiger partial charge < -0.3 is 9.73 Å². The normalized spacial score (nSPS) is 17.9. The Balaban J connectivity index is 1.46. The van der Waals surface area contributed by atoms with Crippen molar-refractivity contribution in [1.29, 1.82) is 0 Å². The molecule has 1 amide bonds. The molecular weight excluding hydrogens is 343 g/mol. The van der Waals surface area contributed by atoms with Crippen molar-refractivity contribution in [2.24, 2.45) is 5.92 Å². The molecule has 5 heteroatoms. The molecular formula is C22H29FN2O2. The van der Waals surface area contributed by atoms with E-state index in [1.165, 1.54) is 17.7 Å². The summed E-state index contributed by atoms with van der Waals surface area (Å²) in [7, 11) is 0. The second-order valence-corrected chi connectivity index (χ2v) is 7.74. The van der Waals surface area contributed by atoms with Gasteiger partial charge in [0.25, 0.3) is 0 Å². The van der Waals surface area contributed by atoms with Crippen molar-refractivity contribution in [3.05, 3.63) is 52.7 Å². The Bertz CT molecular complexity index is 780. The minimum absolute atomic E-state index is 0.000819. The lowest BCUT2D eigenvalue weighted by Crippen LogP contribution is -2.35. The molecule has 1 atom stereocenters. The lowest BCUT2D eigenvalue weighted by molar-refractivity contribution is -0.116. The smallest absolute Gasteiger partial charge is 0.224 e. The maximum atomic E-state index is 13.2. The van der Waals surface area contributed by atoms with Crippen molar-refractivity contribution < 1.29 is 13.6 Å². The molecule has 3 rings (SSSR count). The number of hydrogen-bond acceptors (Lipinski definition) is 3. The fourth-order valence-electron chi connectivity index (χ4n) is 3.79. The number of halogens is 1. The summed E-state index contributed by atoms with van der Waals surface area (Å²) in [6.07, 6.45) is 3.69. The van der Waals surface area contributed by atoms with Crippen molar-refractivity contribution in [2.75, 3.05) is 18.4 Å². The average molecular weight is 372 g/mol. The van der Waals surface area contributed by atoms with Gasteiger partial charge in [0.05, 0.1) is 6.54 Å². The minimum Gasteiger partial charge on any atom is -0.465 e. The van der Waals surface area contributed by atoms with Crippen LogP contribution in [0.25, 0.3) is 0 Å². The van der Waals surface area contributed by atoms with E-state index in [9.17, 15) is 9.18 Å². The number of nitrogens with zero attached hydrogens (tertiary/aromatic N) is 1. The third-order valence-electron chi connectivity index (χ3n) is 5.44. The number of benzene rings is 1. The number of carbonyl (C=O) groups is 1. The van der Waals surface area contributed by atoms with E-state index >= 15 is 0 Å². The van der Waals surface area contributed by atoms with Crippen LogP contribution in [0.1, 0.15) is 48.3 Å². The molecule has 1 N–H and O–H groups in total. The number of nitrogens with one attached hydrogen (secondary N) is 1. The van der Waals surface area contributed by atoms with E-state index in [1.54, 1.807) is 13.0 Å². The zero-order valence-corrected chi connectivity index (χ0v) is 16.5.